The molecule has 4 aromatic rings. The van der Waals surface area contributed by atoms with E-state index in [1.165, 1.54) is 55.0 Å². The van der Waals surface area contributed by atoms with Gasteiger partial charge in [-0.25, -0.2) is 18.7 Å². The maximum Gasteiger partial charge on any atom is 0.173 e. The molecule has 0 bridgehead atoms. The second kappa shape index (κ2) is 9.32. The summed E-state index contributed by atoms with van der Waals surface area (Å²) >= 11 is 2.77. The molecule has 30 heavy (non-hydrogen) atoms. The van der Waals surface area contributed by atoms with Gasteiger partial charge in [0.25, 0.3) is 0 Å². The van der Waals surface area contributed by atoms with Gasteiger partial charge in [-0.3, -0.25) is 0 Å². The Balaban J connectivity index is 0.000000204. The highest BCUT2D eigenvalue weighted by atomic mass is 32.1. The quantitative estimate of drug-likeness (QED) is 0.375. The highest BCUT2D eigenvalue weighted by Crippen LogP contribution is 2.33. The highest BCUT2D eigenvalue weighted by molar-refractivity contribution is 7.17. The number of halogens is 2. The van der Waals surface area contributed by atoms with Crippen molar-refractivity contribution in [3.05, 3.63) is 46.9 Å². The summed E-state index contributed by atoms with van der Waals surface area (Å²) in [6.07, 6.45) is 5.41. The molecule has 0 aliphatic carbocycles. The number of benzene rings is 1. The van der Waals surface area contributed by atoms with E-state index in [-0.39, 0.29) is 11.4 Å². The van der Waals surface area contributed by atoms with Crippen molar-refractivity contribution in [1.82, 2.24) is 14.9 Å². The van der Waals surface area contributed by atoms with Gasteiger partial charge in [-0.05, 0) is 56.4 Å². The van der Waals surface area contributed by atoms with Crippen LogP contribution in [0.15, 0.2) is 35.3 Å². The predicted octanol–water partition coefficient (Wildman–Crippen LogP) is 6.81. The zero-order chi connectivity index (χ0) is 21.1. The molecule has 0 amide bonds. The van der Waals surface area contributed by atoms with Crippen LogP contribution in [0.5, 0.6) is 0 Å². The summed E-state index contributed by atoms with van der Waals surface area (Å²) in [5.74, 6) is -0.994. The lowest BCUT2D eigenvalue weighted by atomic mass is 10.0. The maximum atomic E-state index is 14.4. The first kappa shape index (κ1) is 21.1. The molecule has 1 aliphatic rings. The monoisotopic (exact) mass is 446 g/mol. The molecule has 158 valence electrons. The number of hydrogen-bond acceptors (Lipinski definition) is 6. The molecule has 1 aliphatic heterocycles. The molecule has 3 aromatic heterocycles. The van der Waals surface area contributed by atoms with Crippen LogP contribution in [0.25, 0.3) is 20.4 Å². The molecule has 1 aromatic carbocycles. The molecule has 0 saturated carbocycles. The van der Waals surface area contributed by atoms with E-state index in [0.717, 1.165) is 16.9 Å². The minimum absolute atomic E-state index is 0.200. The van der Waals surface area contributed by atoms with Gasteiger partial charge in [0.15, 0.2) is 11.6 Å². The number of nitrogens with one attached hydrogen (secondary N) is 1. The number of piperidine rings is 1. The van der Waals surface area contributed by atoms with Crippen LogP contribution < -0.4 is 5.32 Å². The summed E-state index contributed by atoms with van der Waals surface area (Å²) in [6, 6.07) is 5.97. The van der Waals surface area contributed by atoms with Crippen molar-refractivity contribution < 1.29 is 8.78 Å². The number of nitrogens with zero attached hydrogens (tertiary/aromatic N) is 3. The van der Waals surface area contributed by atoms with Crippen LogP contribution in [0, 0.1) is 11.6 Å². The summed E-state index contributed by atoms with van der Waals surface area (Å²) in [7, 11) is 0. The molecule has 0 spiro atoms. The number of likely N-dealkylation sites (tertiary alicyclic amines) is 1. The van der Waals surface area contributed by atoms with Gasteiger partial charge in [-0.15, -0.1) is 22.7 Å². The van der Waals surface area contributed by atoms with Crippen molar-refractivity contribution in [2.45, 2.75) is 39.2 Å². The first-order valence-corrected chi connectivity index (χ1v) is 11.9. The largest absolute Gasteiger partial charge is 0.350 e. The van der Waals surface area contributed by atoms with Gasteiger partial charge in [0.2, 0.25) is 0 Å². The molecular weight excluding hydrogens is 422 g/mol. The lowest BCUT2D eigenvalue weighted by molar-refractivity contribution is 0.169. The molecular formula is C22H24F2N4S2. The summed E-state index contributed by atoms with van der Waals surface area (Å²) in [5, 5.41) is 5.29. The van der Waals surface area contributed by atoms with E-state index in [4.69, 9.17) is 0 Å². The molecule has 4 heterocycles. The SMILES string of the molecule is CCN1CCCC[C@@H]1C.Fc1cnc2sccc2c1Nc1ccc2scnc2c1F. The lowest BCUT2D eigenvalue weighted by Crippen LogP contribution is -2.36. The first-order valence-electron chi connectivity index (χ1n) is 10.1. The number of anilines is 2. The van der Waals surface area contributed by atoms with Crippen molar-refractivity contribution in [2.24, 2.45) is 0 Å². The zero-order valence-corrected chi connectivity index (χ0v) is 18.6. The normalized spacial score (nSPS) is 17.1. The molecule has 4 nitrogen and oxygen atoms in total. The van der Waals surface area contributed by atoms with Crippen LogP contribution in [0.1, 0.15) is 33.1 Å². The number of pyridine rings is 1. The summed E-state index contributed by atoms with van der Waals surface area (Å²) in [5.41, 5.74) is 2.31. The van der Waals surface area contributed by atoms with Gasteiger partial charge in [0, 0.05) is 11.4 Å². The number of fused-ring (bicyclic) bond motifs is 2. The average molecular weight is 447 g/mol. The number of hydrogen-bond donors (Lipinski definition) is 1. The van der Waals surface area contributed by atoms with Crippen molar-refractivity contribution in [3.8, 4) is 0 Å². The Morgan fingerprint density at radius 2 is 2.03 bits per heavy atom. The fourth-order valence-corrected chi connectivity index (χ4v) is 5.20. The second-order valence-corrected chi connectivity index (χ2v) is 9.13. The average Bonchev–Trinajstić information content (AvgIpc) is 3.42. The fraction of sp³-hybridized carbons (Fsp3) is 0.364. The molecule has 8 heteroatoms. The van der Waals surface area contributed by atoms with Gasteiger partial charge < -0.3 is 10.2 Å². The third-order valence-corrected chi connectivity index (χ3v) is 7.11. The van der Waals surface area contributed by atoms with Crippen molar-refractivity contribution in [2.75, 3.05) is 18.4 Å². The highest BCUT2D eigenvalue weighted by Gasteiger charge is 2.16. The van der Waals surface area contributed by atoms with Gasteiger partial charge >= 0.3 is 0 Å². The number of thiazole rings is 1. The van der Waals surface area contributed by atoms with Crippen LogP contribution in [-0.4, -0.2) is 34.0 Å². The third-order valence-electron chi connectivity index (χ3n) is 5.50. The minimum atomic E-state index is -0.515. The Hall–Kier alpha value is -2.16. The van der Waals surface area contributed by atoms with Gasteiger partial charge in [-0.1, -0.05) is 13.3 Å². The number of aromatic nitrogens is 2. The fourth-order valence-electron chi connectivity index (χ4n) is 3.78. The Morgan fingerprint density at radius 1 is 1.17 bits per heavy atom. The third kappa shape index (κ3) is 4.31. The smallest absolute Gasteiger partial charge is 0.173 e. The van der Waals surface area contributed by atoms with Crippen LogP contribution in [-0.2, 0) is 0 Å². The van der Waals surface area contributed by atoms with Crippen LogP contribution in [0.3, 0.4) is 0 Å². The molecule has 1 atom stereocenters. The molecule has 1 fully saturated rings. The minimum Gasteiger partial charge on any atom is -0.350 e. The lowest BCUT2D eigenvalue weighted by Gasteiger charge is -2.31. The molecule has 5 rings (SSSR count). The van der Waals surface area contributed by atoms with Crippen LogP contribution in [0.4, 0.5) is 20.2 Å². The summed E-state index contributed by atoms with van der Waals surface area (Å²) < 4.78 is 29.2. The van der Waals surface area contributed by atoms with Gasteiger partial charge in [-0.2, -0.15) is 0 Å². The van der Waals surface area contributed by atoms with E-state index >= 15 is 0 Å². The predicted molar refractivity (Wildman–Crippen MR) is 123 cm³/mol. The van der Waals surface area contributed by atoms with E-state index in [1.54, 1.807) is 23.7 Å². The first-order chi connectivity index (χ1) is 14.6. The van der Waals surface area contributed by atoms with Crippen LogP contribution in [0.2, 0.25) is 0 Å². The molecule has 0 unspecified atom stereocenters. The van der Waals surface area contributed by atoms with Crippen LogP contribution >= 0.6 is 22.7 Å². The van der Waals surface area contributed by atoms with Gasteiger partial charge in [0.1, 0.15) is 10.3 Å². The number of rotatable bonds is 3. The van der Waals surface area contributed by atoms with E-state index in [0.29, 0.717) is 15.7 Å². The van der Waals surface area contributed by atoms with E-state index < -0.39 is 11.6 Å². The zero-order valence-electron chi connectivity index (χ0n) is 17.0. The summed E-state index contributed by atoms with van der Waals surface area (Å²) in [6.45, 7) is 7.16. The van der Waals surface area contributed by atoms with Crippen molar-refractivity contribution >= 4 is 54.5 Å². The standard InChI is InChI=1S/C14H7F2N3S2.C8H17N/c15-8-5-17-14-7(3-4-20-14)12(8)19-9-1-2-10-13(11(9)16)18-6-21-10;1-3-9-7-5-4-6-8(9)2/h1-6H,(H,17,19);8H,3-7H2,1-2H3/t;8-/m.0/s1. The topological polar surface area (TPSA) is 41.1 Å². The van der Waals surface area contributed by atoms with Crippen molar-refractivity contribution in [1.29, 1.82) is 0 Å². The van der Waals surface area contributed by atoms with Crippen molar-refractivity contribution in [3.63, 3.8) is 0 Å². The van der Waals surface area contributed by atoms with E-state index in [1.807, 2.05) is 5.38 Å². The van der Waals surface area contributed by atoms with E-state index in [9.17, 15) is 8.78 Å². The molecule has 0 radical (unpaired) electrons. The Morgan fingerprint density at radius 3 is 2.80 bits per heavy atom. The summed E-state index contributed by atoms with van der Waals surface area (Å²) in [4.78, 5) is 11.3. The maximum absolute atomic E-state index is 14.4. The molecule has 1 N–H and O–H groups in total. The van der Waals surface area contributed by atoms with Gasteiger partial charge in [0.05, 0.1) is 27.8 Å². The second-order valence-electron chi connectivity index (χ2n) is 7.35. The Labute approximate surface area is 182 Å². The van der Waals surface area contributed by atoms with E-state index in [2.05, 4.69) is 34.0 Å². The number of thiophene rings is 1. The molecule has 1 saturated heterocycles. The Kier molecular flexibility index (Phi) is 6.55. The Bertz CT molecular complexity index is 1140.